The van der Waals surface area contributed by atoms with Gasteiger partial charge in [-0.2, -0.15) is 4.99 Å². The topological polar surface area (TPSA) is 113 Å². The van der Waals surface area contributed by atoms with Crippen LogP contribution in [-0.2, 0) is 18.9 Å². The van der Waals surface area contributed by atoms with Gasteiger partial charge in [-0.15, -0.1) is 0 Å². The van der Waals surface area contributed by atoms with Crippen LogP contribution >= 0.6 is 0 Å². The minimum absolute atomic E-state index is 0.0134. The maximum atomic E-state index is 11.4. The van der Waals surface area contributed by atoms with Crippen LogP contribution in [0.5, 0.6) is 0 Å². The molecule has 2 heterocycles. The van der Waals surface area contributed by atoms with E-state index in [0.29, 0.717) is 0 Å². The Morgan fingerprint density at radius 1 is 1.53 bits per heavy atom. The zero-order valence-corrected chi connectivity index (χ0v) is 11.0. The summed E-state index contributed by atoms with van der Waals surface area (Å²) in [6, 6.07) is -0.0134. The van der Waals surface area contributed by atoms with Crippen molar-refractivity contribution in [2.75, 3.05) is 6.61 Å². The molecule has 0 amide bonds. The van der Waals surface area contributed by atoms with Gasteiger partial charge in [0.15, 0.2) is 12.3 Å². The molecule has 0 unspecified atom stereocenters. The highest BCUT2D eigenvalue weighted by molar-refractivity contribution is 5.73. The van der Waals surface area contributed by atoms with Gasteiger partial charge >= 0.3 is 6.16 Å². The molecule has 0 saturated carbocycles. The van der Waals surface area contributed by atoms with Gasteiger partial charge in [-0.3, -0.25) is 0 Å². The van der Waals surface area contributed by atoms with E-state index in [4.69, 9.17) is 24.7 Å². The van der Waals surface area contributed by atoms with E-state index in [1.165, 1.54) is 0 Å². The monoisotopic (exact) mass is 274 g/mol. The first-order chi connectivity index (χ1) is 8.76. The number of carbonyl (C=O) groups excluding carboxylic acids is 1. The number of nitrogens with two attached hydrogens (primary N) is 1. The number of carbonyl (C=O) groups is 1. The summed E-state index contributed by atoms with van der Waals surface area (Å²) in [5, 5.41) is 9.91. The van der Waals surface area contributed by atoms with Gasteiger partial charge in [-0.25, -0.2) is 4.79 Å². The van der Waals surface area contributed by atoms with E-state index >= 15 is 0 Å². The normalized spacial score (nSPS) is 33.4. The number of ether oxygens (including phenoxy) is 4. The van der Waals surface area contributed by atoms with Crippen molar-refractivity contribution >= 4 is 12.2 Å². The molecule has 0 bridgehead atoms. The summed E-state index contributed by atoms with van der Waals surface area (Å²) >= 11 is 0. The fourth-order valence-corrected chi connectivity index (χ4v) is 1.81. The molecule has 8 nitrogen and oxygen atoms in total. The molecule has 3 N–H and O–H groups in total. The molecule has 19 heavy (non-hydrogen) atoms. The lowest BCUT2D eigenvalue weighted by molar-refractivity contribution is -0.0559. The van der Waals surface area contributed by atoms with Gasteiger partial charge in [-0.1, -0.05) is 0 Å². The number of aliphatic hydroxyl groups is 1. The maximum Gasteiger partial charge on any atom is 0.508 e. The van der Waals surface area contributed by atoms with Gasteiger partial charge in [-0.05, 0) is 20.8 Å². The predicted octanol–water partition coefficient (Wildman–Crippen LogP) is -0.263. The van der Waals surface area contributed by atoms with Gasteiger partial charge < -0.3 is 29.8 Å². The van der Waals surface area contributed by atoms with E-state index in [9.17, 15) is 9.90 Å². The molecule has 0 spiro atoms. The summed E-state index contributed by atoms with van der Waals surface area (Å²) in [4.78, 5) is 15.2. The van der Waals surface area contributed by atoms with Crippen molar-refractivity contribution in [2.45, 2.75) is 50.9 Å². The Kier molecular flexibility index (Phi) is 3.55. The van der Waals surface area contributed by atoms with Crippen molar-refractivity contribution in [2.24, 2.45) is 10.7 Å². The summed E-state index contributed by atoms with van der Waals surface area (Å²) < 4.78 is 20.3. The molecule has 0 aromatic rings. The lowest BCUT2D eigenvalue weighted by atomic mass is 10.1. The van der Waals surface area contributed by atoms with Crippen LogP contribution < -0.4 is 5.73 Å². The molecule has 8 heteroatoms. The predicted molar refractivity (Wildman–Crippen MR) is 63.3 cm³/mol. The fraction of sp³-hybridized carbons (Fsp3) is 0.818. The van der Waals surface area contributed by atoms with Gasteiger partial charge in [0.2, 0.25) is 0 Å². The quantitative estimate of drug-likeness (QED) is 0.667. The van der Waals surface area contributed by atoms with Crippen molar-refractivity contribution in [1.29, 1.82) is 0 Å². The average molecular weight is 274 g/mol. The molecule has 0 aromatic carbocycles. The number of aliphatic imine (C=N–C) groups is 1. The van der Waals surface area contributed by atoms with Gasteiger partial charge in [0.25, 0.3) is 6.02 Å². The molecule has 1 fully saturated rings. The summed E-state index contributed by atoms with van der Waals surface area (Å²) in [6.07, 6.45) is -3.78. The zero-order chi connectivity index (χ0) is 14.2. The largest absolute Gasteiger partial charge is 0.508 e. The van der Waals surface area contributed by atoms with E-state index in [0.717, 1.165) is 0 Å². The standard InChI is InChI=1S/C11H18N2O6/c1-11(2,3)19-10(15)16-4-5-6(14)7-8(17-5)13-9(12)18-7/h5-8,14H,4H2,1-3H3,(H2,12,13)/t5-,6-,7+,8-/m1/s1. The molecule has 0 aromatic heterocycles. The molecule has 2 aliphatic heterocycles. The number of hydrogen-bond donors (Lipinski definition) is 2. The molecule has 2 rings (SSSR count). The van der Waals surface area contributed by atoms with Gasteiger partial charge in [0, 0.05) is 0 Å². The number of aliphatic hydroxyl groups excluding tert-OH is 1. The molecule has 1 saturated heterocycles. The van der Waals surface area contributed by atoms with Crippen molar-refractivity contribution in [3.05, 3.63) is 0 Å². The van der Waals surface area contributed by atoms with Crippen LogP contribution in [0.4, 0.5) is 4.79 Å². The van der Waals surface area contributed by atoms with Crippen LogP contribution in [-0.4, -0.2) is 54.0 Å². The number of rotatable bonds is 2. The Balaban J connectivity index is 1.80. The zero-order valence-electron chi connectivity index (χ0n) is 11.0. The van der Waals surface area contributed by atoms with E-state index < -0.39 is 36.3 Å². The van der Waals surface area contributed by atoms with Gasteiger partial charge in [0.1, 0.15) is 24.4 Å². The highest BCUT2D eigenvalue weighted by atomic mass is 16.7. The lowest BCUT2D eigenvalue weighted by Crippen LogP contribution is -2.37. The SMILES string of the molecule is CC(C)(C)OC(=O)OC[C@H]1O[C@H]2N=C(N)O[C@H]2[C@@H]1O. The third-order valence-electron chi connectivity index (χ3n) is 2.58. The van der Waals surface area contributed by atoms with E-state index in [1.807, 2.05) is 0 Å². The first kappa shape index (κ1) is 13.9. The third kappa shape index (κ3) is 3.27. The van der Waals surface area contributed by atoms with Crippen LogP contribution in [0.15, 0.2) is 4.99 Å². The second-order valence-corrected chi connectivity index (χ2v) is 5.38. The average Bonchev–Trinajstić information content (AvgIpc) is 2.73. The second kappa shape index (κ2) is 4.86. The first-order valence-corrected chi connectivity index (χ1v) is 5.95. The highest BCUT2D eigenvalue weighted by Crippen LogP contribution is 2.28. The minimum atomic E-state index is -0.961. The van der Waals surface area contributed by atoms with Crippen LogP contribution in [0.25, 0.3) is 0 Å². The van der Waals surface area contributed by atoms with Crippen molar-refractivity contribution in [3.8, 4) is 0 Å². The molecular weight excluding hydrogens is 256 g/mol. The van der Waals surface area contributed by atoms with Crippen LogP contribution in [0, 0.1) is 0 Å². The van der Waals surface area contributed by atoms with Crippen LogP contribution in [0.3, 0.4) is 0 Å². The van der Waals surface area contributed by atoms with E-state index in [1.54, 1.807) is 20.8 Å². The smallest absolute Gasteiger partial charge is 0.454 e. The molecule has 4 atom stereocenters. The van der Waals surface area contributed by atoms with E-state index in [2.05, 4.69) is 4.99 Å². The fourth-order valence-electron chi connectivity index (χ4n) is 1.81. The molecule has 0 radical (unpaired) electrons. The molecule has 2 aliphatic rings. The van der Waals surface area contributed by atoms with Crippen molar-refractivity contribution in [1.82, 2.24) is 0 Å². The third-order valence-corrected chi connectivity index (χ3v) is 2.58. The summed E-state index contributed by atoms with van der Waals surface area (Å²) in [6.45, 7) is 5.04. The molecule has 0 aliphatic carbocycles. The maximum absolute atomic E-state index is 11.4. The Bertz CT molecular complexity index is 391. The number of amidine groups is 1. The summed E-state index contributed by atoms with van der Waals surface area (Å²) in [7, 11) is 0. The van der Waals surface area contributed by atoms with E-state index in [-0.39, 0.29) is 12.6 Å². The van der Waals surface area contributed by atoms with Crippen molar-refractivity contribution < 1.29 is 28.8 Å². The Morgan fingerprint density at radius 3 is 2.79 bits per heavy atom. The number of fused-ring (bicyclic) bond motifs is 1. The molecular formula is C11H18N2O6. The second-order valence-electron chi connectivity index (χ2n) is 5.38. The minimum Gasteiger partial charge on any atom is -0.454 e. The van der Waals surface area contributed by atoms with Crippen LogP contribution in [0.1, 0.15) is 20.8 Å². The Hall–Kier alpha value is -1.54. The number of nitrogens with zero attached hydrogens (tertiary/aromatic N) is 1. The van der Waals surface area contributed by atoms with Gasteiger partial charge in [0.05, 0.1) is 0 Å². The van der Waals surface area contributed by atoms with Crippen molar-refractivity contribution in [3.63, 3.8) is 0 Å². The summed E-state index contributed by atoms with van der Waals surface area (Å²) in [5.41, 5.74) is 4.72. The van der Waals surface area contributed by atoms with Crippen LogP contribution in [0.2, 0.25) is 0 Å². The first-order valence-electron chi connectivity index (χ1n) is 5.95. The Morgan fingerprint density at radius 2 is 2.21 bits per heavy atom. The number of hydrogen-bond acceptors (Lipinski definition) is 8. The summed E-state index contributed by atoms with van der Waals surface area (Å²) in [5.74, 6) is 0. The molecule has 108 valence electrons. The highest BCUT2D eigenvalue weighted by Gasteiger charge is 2.49. The Labute approximate surface area is 110 Å². The lowest BCUT2D eigenvalue weighted by Gasteiger charge is -2.20.